The number of carbonyl (C=O) groups excluding carboxylic acids is 2. The number of methoxy groups -OCH3 is 2. The number of hydrogen-bond acceptors (Lipinski definition) is 6. The maximum absolute atomic E-state index is 12.4. The van der Waals surface area contributed by atoms with E-state index in [9.17, 15) is 14.4 Å². The van der Waals surface area contributed by atoms with Crippen molar-refractivity contribution in [3.63, 3.8) is 0 Å². The third kappa shape index (κ3) is 4.60. The summed E-state index contributed by atoms with van der Waals surface area (Å²) in [7, 11) is 3.07. The van der Waals surface area contributed by atoms with E-state index in [4.69, 9.17) is 14.2 Å². The molecule has 156 valence electrons. The highest BCUT2D eigenvalue weighted by molar-refractivity contribution is 5.94. The molecule has 0 saturated heterocycles. The average molecular weight is 410 g/mol. The molecule has 0 spiro atoms. The van der Waals surface area contributed by atoms with Gasteiger partial charge in [0.1, 0.15) is 5.69 Å². The standard InChI is InChI=1S/C22H22N2O6/c1-13(20(25)23-12-14-8-9-18(28-2)19(10-14)29-3)30-22(27)17-11-15-6-4-5-7-16(15)21(26)24-17/h4-11,13H,12H2,1-3H3,(H,23,25)(H,24,26)/t13-/m1/s1. The van der Waals surface area contributed by atoms with Gasteiger partial charge in [0.25, 0.3) is 11.5 Å². The third-order valence-corrected chi connectivity index (χ3v) is 4.54. The Hall–Kier alpha value is -3.81. The van der Waals surface area contributed by atoms with Gasteiger partial charge < -0.3 is 24.5 Å². The van der Waals surface area contributed by atoms with Crippen molar-refractivity contribution < 1.29 is 23.8 Å². The Morgan fingerprint density at radius 1 is 1.03 bits per heavy atom. The molecule has 8 nitrogen and oxygen atoms in total. The number of fused-ring (bicyclic) bond motifs is 1. The third-order valence-electron chi connectivity index (χ3n) is 4.54. The maximum atomic E-state index is 12.4. The number of nitrogens with one attached hydrogen (secondary N) is 2. The first-order valence-electron chi connectivity index (χ1n) is 9.24. The zero-order chi connectivity index (χ0) is 21.7. The number of carbonyl (C=O) groups is 2. The van der Waals surface area contributed by atoms with Crippen LogP contribution in [0.4, 0.5) is 0 Å². The molecule has 8 heteroatoms. The molecule has 0 unspecified atom stereocenters. The fraction of sp³-hybridized carbons (Fsp3) is 0.227. The van der Waals surface area contributed by atoms with Gasteiger partial charge in [0.2, 0.25) is 0 Å². The molecule has 1 atom stereocenters. The molecular weight excluding hydrogens is 388 g/mol. The van der Waals surface area contributed by atoms with Crippen LogP contribution in [0.25, 0.3) is 10.8 Å². The van der Waals surface area contributed by atoms with E-state index in [-0.39, 0.29) is 12.2 Å². The van der Waals surface area contributed by atoms with E-state index < -0.39 is 23.5 Å². The van der Waals surface area contributed by atoms with Gasteiger partial charge >= 0.3 is 5.97 Å². The number of aromatic nitrogens is 1. The van der Waals surface area contributed by atoms with Crippen molar-refractivity contribution >= 4 is 22.6 Å². The van der Waals surface area contributed by atoms with E-state index in [2.05, 4.69) is 10.3 Å². The lowest BCUT2D eigenvalue weighted by Crippen LogP contribution is -2.35. The van der Waals surface area contributed by atoms with Crippen molar-refractivity contribution in [1.29, 1.82) is 0 Å². The van der Waals surface area contributed by atoms with Gasteiger partial charge in [-0.15, -0.1) is 0 Å². The molecule has 0 saturated carbocycles. The first-order valence-corrected chi connectivity index (χ1v) is 9.24. The minimum Gasteiger partial charge on any atom is -0.493 e. The lowest BCUT2D eigenvalue weighted by molar-refractivity contribution is -0.129. The quantitative estimate of drug-likeness (QED) is 0.580. The molecule has 2 N–H and O–H groups in total. The van der Waals surface area contributed by atoms with Crippen LogP contribution in [0.3, 0.4) is 0 Å². The summed E-state index contributed by atoms with van der Waals surface area (Å²) in [5, 5.41) is 3.78. The van der Waals surface area contributed by atoms with Crippen molar-refractivity contribution in [3.8, 4) is 11.5 Å². The largest absolute Gasteiger partial charge is 0.493 e. The zero-order valence-electron chi connectivity index (χ0n) is 16.9. The molecule has 0 aliphatic rings. The van der Waals surface area contributed by atoms with E-state index in [1.165, 1.54) is 27.2 Å². The van der Waals surface area contributed by atoms with Crippen LogP contribution in [-0.4, -0.2) is 37.2 Å². The number of ether oxygens (including phenoxy) is 3. The second-order valence-corrected chi connectivity index (χ2v) is 6.55. The van der Waals surface area contributed by atoms with E-state index in [0.29, 0.717) is 22.3 Å². The van der Waals surface area contributed by atoms with Crippen molar-refractivity contribution in [3.05, 3.63) is 70.1 Å². The smallest absolute Gasteiger partial charge is 0.355 e. The number of benzene rings is 2. The predicted octanol–water partition coefficient (Wildman–Crippen LogP) is 2.41. The highest BCUT2D eigenvalue weighted by atomic mass is 16.5. The molecule has 0 aliphatic carbocycles. The minimum atomic E-state index is -1.05. The summed E-state index contributed by atoms with van der Waals surface area (Å²) < 4.78 is 15.6. The minimum absolute atomic E-state index is 0.0155. The molecule has 3 rings (SSSR count). The lowest BCUT2D eigenvalue weighted by atomic mass is 10.1. The Bertz CT molecular complexity index is 1140. The van der Waals surface area contributed by atoms with Crippen molar-refractivity contribution in [1.82, 2.24) is 10.3 Å². The van der Waals surface area contributed by atoms with Crippen LogP contribution >= 0.6 is 0 Å². The number of pyridine rings is 1. The second kappa shape index (κ2) is 9.13. The first kappa shape index (κ1) is 20.9. The molecule has 1 heterocycles. The van der Waals surface area contributed by atoms with Gasteiger partial charge in [0.15, 0.2) is 17.6 Å². The molecule has 3 aromatic rings. The Labute approximate surface area is 172 Å². The SMILES string of the molecule is COc1ccc(CNC(=O)[C@@H](C)OC(=O)c2cc3ccccc3c(=O)[nH]2)cc1OC. The van der Waals surface area contributed by atoms with Crippen LogP contribution in [-0.2, 0) is 16.1 Å². The Balaban J connectivity index is 1.63. The zero-order valence-corrected chi connectivity index (χ0v) is 16.9. The van der Waals surface area contributed by atoms with E-state index in [1.54, 1.807) is 42.5 Å². The number of H-pyrrole nitrogens is 1. The monoisotopic (exact) mass is 410 g/mol. The number of rotatable bonds is 7. The van der Waals surface area contributed by atoms with Gasteiger partial charge in [-0.3, -0.25) is 9.59 Å². The Kier molecular flexibility index (Phi) is 6.36. The summed E-state index contributed by atoms with van der Waals surface area (Å²) in [5.74, 6) is -0.129. The van der Waals surface area contributed by atoms with Crippen LogP contribution in [0.2, 0.25) is 0 Å². The van der Waals surface area contributed by atoms with Crippen LogP contribution in [0, 0.1) is 0 Å². The summed E-state index contributed by atoms with van der Waals surface area (Å²) in [5.41, 5.74) is 0.377. The van der Waals surface area contributed by atoms with Gasteiger partial charge in [-0.1, -0.05) is 24.3 Å². The van der Waals surface area contributed by atoms with Crippen LogP contribution in [0.15, 0.2) is 53.3 Å². The molecule has 0 bridgehead atoms. The van der Waals surface area contributed by atoms with Gasteiger partial charge in [-0.05, 0) is 42.1 Å². The van der Waals surface area contributed by atoms with Gasteiger partial charge in [-0.2, -0.15) is 0 Å². The Morgan fingerprint density at radius 2 is 1.77 bits per heavy atom. The molecule has 0 fully saturated rings. The predicted molar refractivity (Wildman–Crippen MR) is 111 cm³/mol. The second-order valence-electron chi connectivity index (χ2n) is 6.55. The van der Waals surface area contributed by atoms with Crippen molar-refractivity contribution in [2.75, 3.05) is 14.2 Å². The highest BCUT2D eigenvalue weighted by Crippen LogP contribution is 2.27. The normalized spacial score (nSPS) is 11.6. The van der Waals surface area contributed by atoms with E-state index in [0.717, 1.165) is 5.56 Å². The van der Waals surface area contributed by atoms with Gasteiger partial charge in [-0.25, -0.2) is 4.79 Å². The molecule has 0 radical (unpaired) electrons. The topological polar surface area (TPSA) is 107 Å². The average Bonchev–Trinajstić information content (AvgIpc) is 2.76. The van der Waals surface area contributed by atoms with Crippen LogP contribution in [0.1, 0.15) is 23.0 Å². The van der Waals surface area contributed by atoms with Crippen LogP contribution < -0.4 is 20.3 Å². The number of esters is 1. The highest BCUT2D eigenvalue weighted by Gasteiger charge is 2.20. The number of aromatic amines is 1. The fourth-order valence-corrected chi connectivity index (χ4v) is 2.92. The summed E-state index contributed by atoms with van der Waals surface area (Å²) >= 11 is 0. The molecule has 2 aromatic carbocycles. The molecule has 0 aliphatic heterocycles. The summed E-state index contributed by atoms with van der Waals surface area (Å²) in [6, 6.07) is 13.7. The molecular formula is C22H22N2O6. The van der Waals surface area contributed by atoms with E-state index in [1.807, 2.05) is 0 Å². The maximum Gasteiger partial charge on any atom is 0.355 e. The summed E-state index contributed by atoms with van der Waals surface area (Å²) in [6.45, 7) is 1.68. The molecule has 30 heavy (non-hydrogen) atoms. The molecule has 1 aromatic heterocycles. The Morgan fingerprint density at radius 3 is 2.50 bits per heavy atom. The number of hydrogen-bond donors (Lipinski definition) is 2. The van der Waals surface area contributed by atoms with Crippen LogP contribution in [0.5, 0.6) is 11.5 Å². The van der Waals surface area contributed by atoms with Gasteiger partial charge in [0.05, 0.1) is 14.2 Å². The fourth-order valence-electron chi connectivity index (χ4n) is 2.92. The summed E-state index contributed by atoms with van der Waals surface area (Å²) in [6.07, 6.45) is -1.05. The van der Waals surface area contributed by atoms with E-state index >= 15 is 0 Å². The van der Waals surface area contributed by atoms with Gasteiger partial charge in [0, 0.05) is 11.9 Å². The first-order chi connectivity index (χ1) is 14.4. The molecule has 1 amide bonds. The van der Waals surface area contributed by atoms with Crippen molar-refractivity contribution in [2.45, 2.75) is 19.6 Å². The number of amides is 1. The lowest BCUT2D eigenvalue weighted by Gasteiger charge is -2.14. The summed E-state index contributed by atoms with van der Waals surface area (Å²) in [4.78, 5) is 39.3. The van der Waals surface area contributed by atoms with Crippen molar-refractivity contribution in [2.24, 2.45) is 0 Å².